The fourth-order valence-electron chi connectivity index (χ4n) is 3.23. The van der Waals surface area contributed by atoms with Gasteiger partial charge in [-0.1, -0.05) is 23.2 Å². The van der Waals surface area contributed by atoms with Gasteiger partial charge in [-0.05, 0) is 47.1 Å². The molecular formula is C22H17BrCl2F3N5O5S2+2. The molecule has 40 heavy (non-hydrogen) atoms. The second-order valence-electron chi connectivity index (χ2n) is 7.94. The average Bonchev–Trinajstić information content (AvgIpc) is 3.30. The molecule has 212 valence electrons. The molecule has 18 heteroatoms. The van der Waals surface area contributed by atoms with Gasteiger partial charge in [-0.2, -0.15) is 13.2 Å². The van der Waals surface area contributed by atoms with Crippen molar-refractivity contribution in [3.8, 4) is 11.7 Å². The van der Waals surface area contributed by atoms with Crippen molar-refractivity contribution in [2.45, 2.75) is 30.2 Å². The summed E-state index contributed by atoms with van der Waals surface area (Å²) in [6.07, 6.45) is -3.85. The van der Waals surface area contributed by atoms with Crippen molar-refractivity contribution in [2.24, 2.45) is 0 Å². The molecule has 0 bridgehead atoms. The number of anilines is 1. The zero-order chi connectivity index (χ0) is 29.6. The molecule has 1 atom stereocenters. The van der Waals surface area contributed by atoms with E-state index in [0.717, 1.165) is 10.7 Å². The highest BCUT2D eigenvalue weighted by molar-refractivity contribution is 9.10. The summed E-state index contributed by atoms with van der Waals surface area (Å²) >= 11 is 15.7. The molecule has 0 aliphatic carbocycles. The molecule has 2 N–H and O–H groups in total. The fourth-order valence-corrected chi connectivity index (χ4v) is 5.16. The summed E-state index contributed by atoms with van der Waals surface area (Å²) in [6, 6.07) is 6.70. The Hall–Kier alpha value is -2.79. The van der Waals surface area contributed by atoms with E-state index in [4.69, 9.17) is 27.9 Å². The summed E-state index contributed by atoms with van der Waals surface area (Å²) in [5.41, 5.74) is -0.702. The second kappa shape index (κ2) is 13.7. The van der Waals surface area contributed by atoms with Gasteiger partial charge in [0, 0.05) is 30.2 Å². The normalized spacial score (nSPS) is 12.1. The smallest absolute Gasteiger partial charge is 0.473 e. The highest BCUT2D eigenvalue weighted by Gasteiger charge is 2.38. The summed E-state index contributed by atoms with van der Waals surface area (Å²) in [4.78, 5) is 30.2. The number of nitrogens with zero attached hydrogens (tertiary/aromatic N) is 3. The maximum absolute atomic E-state index is 13.5. The number of benzene rings is 1. The first-order valence-corrected chi connectivity index (χ1v) is 14.1. The van der Waals surface area contributed by atoms with Crippen LogP contribution < -0.4 is 15.4 Å². The van der Waals surface area contributed by atoms with Crippen LogP contribution in [0.3, 0.4) is 0 Å². The highest BCUT2D eigenvalue weighted by atomic mass is 79.9. The third kappa shape index (κ3) is 8.36. The molecular weight excluding hydrogens is 686 g/mol. The first kappa shape index (κ1) is 31.7. The quantitative estimate of drug-likeness (QED) is 0.207. The topological polar surface area (TPSA) is 132 Å². The maximum Gasteiger partial charge on any atom is 0.536 e. The van der Waals surface area contributed by atoms with Crippen LogP contribution in [0, 0.1) is 0 Å². The van der Waals surface area contributed by atoms with Crippen molar-refractivity contribution in [3.05, 3.63) is 62.3 Å². The molecule has 0 fully saturated rings. The van der Waals surface area contributed by atoms with Gasteiger partial charge >= 0.3 is 34.1 Å². The van der Waals surface area contributed by atoms with Crippen LogP contribution in [0.5, 0.6) is 5.88 Å². The number of carbonyl (C=O) groups excluding carboxylic acids is 2. The van der Waals surface area contributed by atoms with Crippen LogP contribution in [-0.2, 0) is 31.8 Å². The Balaban J connectivity index is 2.00. The first-order chi connectivity index (χ1) is 18.8. The van der Waals surface area contributed by atoms with Crippen LogP contribution >= 0.6 is 39.1 Å². The molecule has 3 rings (SSSR count). The van der Waals surface area contributed by atoms with Gasteiger partial charge in [0.1, 0.15) is 24.8 Å². The lowest BCUT2D eigenvalue weighted by atomic mass is 10.1. The van der Waals surface area contributed by atoms with Crippen molar-refractivity contribution in [1.82, 2.24) is 20.1 Å². The van der Waals surface area contributed by atoms with Crippen LogP contribution in [0.15, 0.2) is 41.0 Å². The van der Waals surface area contributed by atoms with Crippen molar-refractivity contribution in [1.29, 1.82) is 0 Å². The minimum absolute atomic E-state index is 0.0165. The lowest BCUT2D eigenvalue weighted by Crippen LogP contribution is -2.34. The Morgan fingerprint density at radius 3 is 2.50 bits per heavy atom. The van der Waals surface area contributed by atoms with Gasteiger partial charge in [-0.25, -0.2) is 9.67 Å². The molecule has 0 radical (unpaired) electrons. The summed E-state index contributed by atoms with van der Waals surface area (Å²) in [6.45, 7) is -0.00759. The number of hydrogen-bond donors (Lipinski definition) is 2. The van der Waals surface area contributed by atoms with Gasteiger partial charge in [0.25, 0.3) is 11.8 Å². The molecule has 0 spiro atoms. The maximum atomic E-state index is 13.5. The van der Waals surface area contributed by atoms with E-state index in [1.54, 1.807) is 18.3 Å². The average molecular weight is 703 g/mol. The standard InChI is InChI=1S/C22H15BrCl2F3N5O5S2/c1-10(5-17(39-36)40-37)38-16-8-15(33(32-16)19-14(25)3-2-4-29-19)21(35)31-18-12(6-11(24)7-13(18)23)20(34)30-9-22(26,27)28/h2-4,6-8,10,17H,5,9H2,1H3/p+2. The van der Waals surface area contributed by atoms with E-state index in [2.05, 4.69) is 31.3 Å². The van der Waals surface area contributed by atoms with Crippen LogP contribution in [0.1, 0.15) is 34.2 Å². The lowest BCUT2D eigenvalue weighted by Gasteiger charge is -2.15. The number of aromatic nitrogens is 3. The summed E-state index contributed by atoms with van der Waals surface area (Å²) < 4.78 is 66.2. The number of alkyl halides is 3. The third-order valence-corrected chi connectivity index (χ3v) is 7.33. The monoisotopic (exact) mass is 701 g/mol. The molecule has 1 aromatic carbocycles. The van der Waals surface area contributed by atoms with Crippen LogP contribution in [-0.4, -0.2) is 50.0 Å². The van der Waals surface area contributed by atoms with E-state index in [0.29, 0.717) is 0 Å². The molecule has 2 amide bonds. The molecule has 0 saturated carbocycles. The zero-order valence-corrected chi connectivity index (χ0v) is 24.7. The Labute approximate surface area is 251 Å². The molecule has 0 aliphatic rings. The van der Waals surface area contributed by atoms with Crippen molar-refractivity contribution < 1.29 is 35.9 Å². The van der Waals surface area contributed by atoms with E-state index in [1.165, 1.54) is 24.4 Å². The highest BCUT2D eigenvalue weighted by Crippen LogP contribution is 2.32. The Morgan fingerprint density at radius 2 is 1.88 bits per heavy atom. The van der Waals surface area contributed by atoms with Gasteiger partial charge < -0.3 is 15.4 Å². The van der Waals surface area contributed by atoms with E-state index in [9.17, 15) is 31.2 Å². The molecule has 10 nitrogen and oxygen atoms in total. The third-order valence-electron chi connectivity index (χ3n) is 4.91. The molecule has 3 aromatic rings. The summed E-state index contributed by atoms with van der Waals surface area (Å²) in [7, 11) is 0. The Kier molecular flexibility index (Phi) is 10.9. The number of carbonyl (C=O) groups is 2. The van der Waals surface area contributed by atoms with Gasteiger partial charge in [0.2, 0.25) is 5.88 Å². The SMILES string of the molecule is CC(CC([S+]=O)[S+]=O)Oc1cc(C(=O)Nc2c(Br)cc(Cl)cc2C(=O)NCC(F)(F)F)n(-c2ncccc2Cl)n1. The number of ether oxygens (including phenoxy) is 1. The van der Waals surface area contributed by atoms with E-state index in [-0.39, 0.29) is 72.9 Å². The Bertz CT molecular complexity index is 1440. The second-order valence-corrected chi connectivity index (χ2v) is 11.5. The number of nitrogens with one attached hydrogen (secondary N) is 2. The van der Waals surface area contributed by atoms with Crippen molar-refractivity contribution >= 4 is 80.0 Å². The van der Waals surface area contributed by atoms with Gasteiger partial charge in [0.15, 0.2) is 5.82 Å². The number of hydrogen-bond acceptors (Lipinski definition) is 7. The van der Waals surface area contributed by atoms with Gasteiger partial charge in [-0.3, -0.25) is 9.59 Å². The van der Waals surface area contributed by atoms with Crippen molar-refractivity contribution in [2.75, 3.05) is 11.9 Å². The molecule has 2 heterocycles. The van der Waals surface area contributed by atoms with E-state index in [1.807, 2.05) is 0 Å². The zero-order valence-electron chi connectivity index (χ0n) is 20.0. The van der Waals surface area contributed by atoms with E-state index >= 15 is 0 Å². The predicted octanol–water partition coefficient (Wildman–Crippen LogP) is 5.22. The molecule has 0 saturated heterocycles. The Morgan fingerprint density at radius 1 is 1.18 bits per heavy atom. The fraction of sp³-hybridized carbons (Fsp3) is 0.273. The summed E-state index contributed by atoms with van der Waals surface area (Å²) in [5.74, 6) is -2.05. The molecule has 2 aromatic heterocycles. The molecule has 0 aliphatic heterocycles. The van der Waals surface area contributed by atoms with Crippen molar-refractivity contribution in [3.63, 3.8) is 0 Å². The number of amides is 2. The van der Waals surface area contributed by atoms with E-state index < -0.39 is 35.2 Å². The van der Waals surface area contributed by atoms with Gasteiger partial charge in [-0.15, -0.1) is 5.10 Å². The number of halogens is 6. The van der Waals surface area contributed by atoms with Crippen LogP contribution in [0.25, 0.3) is 5.82 Å². The van der Waals surface area contributed by atoms with Crippen LogP contribution in [0.4, 0.5) is 18.9 Å². The van der Waals surface area contributed by atoms with Gasteiger partial charge in [0.05, 0.1) is 16.3 Å². The number of rotatable bonds is 11. The molecule has 1 unspecified atom stereocenters. The lowest BCUT2D eigenvalue weighted by molar-refractivity contribution is -0.123. The van der Waals surface area contributed by atoms with Crippen LogP contribution in [0.2, 0.25) is 10.0 Å². The minimum Gasteiger partial charge on any atom is -0.473 e. The first-order valence-electron chi connectivity index (χ1n) is 10.9. The largest absolute Gasteiger partial charge is 0.536 e. The predicted molar refractivity (Wildman–Crippen MR) is 146 cm³/mol. The number of pyridine rings is 1. The summed E-state index contributed by atoms with van der Waals surface area (Å²) in [5, 5.41) is 8.58. The minimum atomic E-state index is -4.67.